The number of amides is 2. The van der Waals surface area contributed by atoms with Crippen molar-refractivity contribution in [1.29, 1.82) is 0 Å². The second-order valence-electron chi connectivity index (χ2n) is 11.5. The molecule has 0 spiro atoms. The number of carbonyl (C=O) groups excluding carboxylic acids is 2. The van der Waals surface area contributed by atoms with Gasteiger partial charge >= 0.3 is 6.36 Å². The number of guanidine groups is 1. The molecule has 38 heavy (non-hydrogen) atoms. The number of benzene rings is 1. The Labute approximate surface area is 219 Å². The molecule has 3 aliphatic rings. The van der Waals surface area contributed by atoms with E-state index in [1.165, 1.54) is 23.1 Å². The van der Waals surface area contributed by atoms with E-state index in [0.717, 1.165) is 0 Å². The maximum absolute atomic E-state index is 13.4. The van der Waals surface area contributed by atoms with Crippen LogP contribution in [-0.2, 0) is 14.3 Å². The van der Waals surface area contributed by atoms with Crippen molar-refractivity contribution in [3.8, 4) is 11.5 Å². The molecule has 9 nitrogen and oxygen atoms in total. The van der Waals surface area contributed by atoms with Crippen LogP contribution in [0.1, 0.15) is 65.0 Å². The van der Waals surface area contributed by atoms with Crippen molar-refractivity contribution in [3.05, 3.63) is 23.8 Å². The first-order chi connectivity index (χ1) is 17.6. The van der Waals surface area contributed by atoms with Gasteiger partial charge in [0.15, 0.2) is 5.96 Å². The van der Waals surface area contributed by atoms with E-state index in [1.54, 1.807) is 21.0 Å². The molecule has 2 aliphatic heterocycles. The fraction of sp³-hybridized carbons (Fsp3) is 0.654. The number of nitrogens with one attached hydrogen (secondary N) is 1. The van der Waals surface area contributed by atoms with Crippen molar-refractivity contribution in [2.75, 3.05) is 13.7 Å². The van der Waals surface area contributed by atoms with Crippen LogP contribution >= 0.6 is 0 Å². The molecule has 1 saturated carbocycles. The Morgan fingerprint density at radius 2 is 2.03 bits per heavy atom. The zero-order chi connectivity index (χ0) is 28.0. The van der Waals surface area contributed by atoms with Gasteiger partial charge < -0.3 is 25.3 Å². The van der Waals surface area contributed by atoms with E-state index in [-0.39, 0.29) is 47.8 Å². The number of hydrogen-bond donors (Lipinski definition) is 2. The Morgan fingerprint density at radius 1 is 1.32 bits per heavy atom. The molecule has 0 aromatic heterocycles. The molecular formula is C26H35F3N4O5. The number of halogens is 3. The zero-order valence-corrected chi connectivity index (χ0v) is 22.2. The second kappa shape index (κ2) is 9.94. The normalized spacial score (nSPS) is 26.5. The molecule has 0 radical (unpaired) electrons. The summed E-state index contributed by atoms with van der Waals surface area (Å²) in [5, 5.41) is 3.06. The molecule has 12 heteroatoms. The summed E-state index contributed by atoms with van der Waals surface area (Å²) in [7, 11) is 1.57. The standard InChI is InChI=1S/C26H35F3N4O5/c1-24(2)13-21(34)33(23(30)32-24)19(8-9-36-5)16-11-17(16)22(35)31-18-12-25(3,4)38-20-10-14(6-7-15(18)20)37-26(27,28)29/h6-7,10,16-19H,8-9,11-13H2,1-5H3,(H2,30,32)(H,31,35)/t16?,17-,18?,19-/m1/s1. The van der Waals surface area contributed by atoms with Crippen LogP contribution in [0.25, 0.3) is 0 Å². The van der Waals surface area contributed by atoms with Crippen LogP contribution in [0.2, 0.25) is 0 Å². The van der Waals surface area contributed by atoms with Gasteiger partial charge in [0, 0.05) is 43.7 Å². The van der Waals surface area contributed by atoms with Crippen molar-refractivity contribution >= 4 is 17.8 Å². The smallest absolute Gasteiger partial charge is 0.487 e. The number of carbonyl (C=O) groups is 2. The van der Waals surface area contributed by atoms with Crippen LogP contribution in [0.15, 0.2) is 23.2 Å². The number of hydrogen-bond acceptors (Lipinski definition) is 7. The van der Waals surface area contributed by atoms with E-state index >= 15 is 0 Å². The number of nitrogens with zero attached hydrogens (tertiary/aromatic N) is 2. The van der Waals surface area contributed by atoms with E-state index in [0.29, 0.717) is 31.4 Å². The Bertz CT molecular complexity index is 1120. The van der Waals surface area contributed by atoms with Crippen molar-refractivity contribution < 1.29 is 37.0 Å². The average Bonchev–Trinajstić information content (AvgIpc) is 3.53. The molecule has 2 unspecified atom stereocenters. The van der Waals surface area contributed by atoms with Gasteiger partial charge in [-0.05, 0) is 58.6 Å². The molecule has 2 amide bonds. The van der Waals surface area contributed by atoms with E-state index in [4.69, 9.17) is 15.2 Å². The lowest BCUT2D eigenvalue weighted by molar-refractivity contribution is -0.274. The van der Waals surface area contributed by atoms with Crippen molar-refractivity contribution in [3.63, 3.8) is 0 Å². The molecule has 210 valence electrons. The van der Waals surface area contributed by atoms with Crippen molar-refractivity contribution in [1.82, 2.24) is 10.2 Å². The van der Waals surface area contributed by atoms with Gasteiger partial charge in [-0.25, -0.2) is 4.99 Å². The minimum absolute atomic E-state index is 0.126. The Kier molecular flexibility index (Phi) is 7.32. The lowest BCUT2D eigenvalue weighted by Crippen LogP contribution is -2.55. The topological polar surface area (TPSA) is 115 Å². The molecular weight excluding hydrogens is 505 g/mol. The molecule has 1 aromatic carbocycles. The predicted octanol–water partition coefficient (Wildman–Crippen LogP) is 3.67. The quantitative estimate of drug-likeness (QED) is 0.520. The van der Waals surface area contributed by atoms with Gasteiger partial charge in [-0.15, -0.1) is 13.2 Å². The predicted molar refractivity (Wildman–Crippen MR) is 132 cm³/mol. The van der Waals surface area contributed by atoms with Gasteiger partial charge in [0.25, 0.3) is 0 Å². The average molecular weight is 541 g/mol. The maximum Gasteiger partial charge on any atom is 0.573 e. The monoisotopic (exact) mass is 540 g/mol. The summed E-state index contributed by atoms with van der Waals surface area (Å²) in [4.78, 5) is 32.4. The minimum atomic E-state index is -4.83. The molecule has 0 saturated heterocycles. The van der Waals surface area contributed by atoms with Gasteiger partial charge in [0.2, 0.25) is 11.8 Å². The third-order valence-electron chi connectivity index (χ3n) is 7.13. The fourth-order valence-electron chi connectivity index (χ4n) is 5.49. The van der Waals surface area contributed by atoms with Crippen LogP contribution < -0.4 is 20.5 Å². The van der Waals surface area contributed by atoms with Gasteiger partial charge in [-0.3, -0.25) is 14.5 Å². The molecule has 4 atom stereocenters. The first-order valence-electron chi connectivity index (χ1n) is 12.6. The molecule has 4 rings (SSSR count). The second-order valence-corrected chi connectivity index (χ2v) is 11.5. The van der Waals surface area contributed by atoms with Gasteiger partial charge in [0.05, 0.1) is 18.0 Å². The molecule has 0 bridgehead atoms. The van der Waals surface area contributed by atoms with E-state index in [2.05, 4.69) is 15.0 Å². The lowest BCUT2D eigenvalue weighted by atomic mass is 9.89. The number of rotatable bonds is 8. The SMILES string of the molecule is COCC[C@H](C1C[C@H]1C(=O)NC1CC(C)(C)Oc2cc(OC(F)(F)F)ccc21)N1C(=O)CC(C)(C)N=C1N. The van der Waals surface area contributed by atoms with Crippen LogP contribution in [0.5, 0.6) is 11.5 Å². The van der Waals surface area contributed by atoms with Gasteiger partial charge in [-0.2, -0.15) is 0 Å². The first-order valence-corrected chi connectivity index (χ1v) is 12.6. The highest BCUT2D eigenvalue weighted by Gasteiger charge is 2.52. The minimum Gasteiger partial charge on any atom is -0.487 e. The number of alkyl halides is 3. The van der Waals surface area contributed by atoms with E-state index in [9.17, 15) is 22.8 Å². The highest BCUT2D eigenvalue weighted by Crippen LogP contribution is 2.47. The van der Waals surface area contributed by atoms with Crippen molar-refractivity contribution in [2.24, 2.45) is 22.6 Å². The number of methoxy groups -OCH3 is 1. The van der Waals surface area contributed by atoms with E-state index in [1.807, 2.05) is 13.8 Å². The zero-order valence-electron chi connectivity index (χ0n) is 22.2. The molecule has 3 N–H and O–H groups in total. The molecule has 1 fully saturated rings. The molecule has 2 heterocycles. The Hall–Kier alpha value is -3.02. The number of aliphatic imine (C=N–C) groups is 1. The van der Waals surface area contributed by atoms with Gasteiger partial charge in [-0.1, -0.05) is 0 Å². The summed E-state index contributed by atoms with van der Waals surface area (Å²) in [5.74, 6) is -0.822. The van der Waals surface area contributed by atoms with Crippen LogP contribution in [0.4, 0.5) is 13.2 Å². The Balaban J connectivity index is 1.50. The summed E-state index contributed by atoms with van der Waals surface area (Å²) in [6.07, 6.45) is -3.11. The largest absolute Gasteiger partial charge is 0.573 e. The number of nitrogens with two attached hydrogens (primary N) is 1. The van der Waals surface area contributed by atoms with E-state index < -0.39 is 29.3 Å². The fourth-order valence-corrected chi connectivity index (χ4v) is 5.49. The summed E-state index contributed by atoms with van der Waals surface area (Å²) in [6.45, 7) is 7.69. The molecule has 1 aliphatic carbocycles. The summed E-state index contributed by atoms with van der Waals surface area (Å²) >= 11 is 0. The highest BCUT2D eigenvalue weighted by molar-refractivity contribution is 5.99. The van der Waals surface area contributed by atoms with Crippen LogP contribution in [0.3, 0.4) is 0 Å². The Morgan fingerprint density at radius 3 is 2.66 bits per heavy atom. The lowest BCUT2D eigenvalue weighted by Gasteiger charge is -2.38. The number of ether oxygens (including phenoxy) is 3. The summed E-state index contributed by atoms with van der Waals surface area (Å²) < 4.78 is 53.3. The third-order valence-corrected chi connectivity index (χ3v) is 7.13. The van der Waals surface area contributed by atoms with Crippen molar-refractivity contribution in [2.45, 2.75) is 83.0 Å². The first kappa shape index (κ1) is 28.0. The molecule has 1 aromatic rings. The maximum atomic E-state index is 13.4. The van der Waals surface area contributed by atoms with Crippen LogP contribution in [-0.4, -0.2) is 59.9 Å². The van der Waals surface area contributed by atoms with Gasteiger partial charge in [0.1, 0.15) is 17.1 Å². The van der Waals surface area contributed by atoms with Crippen LogP contribution in [0, 0.1) is 11.8 Å². The third kappa shape index (κ3) is 6.33. The summed E-state index contributed by atoms with van der Waals surface area (Å²) in [6, 6.07) is 3.07. The summed E-state index contributed by atoms with van der Waals surface area (Å²) in [5.41, 5.74) is 5.46. The highest BCUT2D eigenvalue weighted by atomic mass is 19.4. The number of fused-ring (bicyclic) bond motifs is 1.